The Balaban J connectivity index is 1.55. The number of hydrogen-bond donors (Lipinski definition) is 3. The lowest BCUT2D eigenvalue weighted by Crippen LogP contribution is -2.24. The number of carbonyl (C=O) groups excluding carboxylic acids is 2. The van der Waals surface area contributed by atoms with Gasteiger partial charge in [0.1, 0.15) is 10.7 Å². The van der Waals surface area contributed by atoms with Crippen LogP contribution in [0.4, 0.5) is 11.4 Å². The number of para-hydroxylation sites is 1. The minimum absolute atomic E-state index is 0.0360. The van der Waals surface area contributed by atoms with Crippen LogP contribution in [0.15, 0.2) is 88.4 Å². The average molecular weight is 538 g/mol. The number of nitrogens with one attached hydrogen (secondary N) is 3. The molecule has 0 saturated heterocycles. The summed E-state index contributed by atoms with van der Waals surface area (Å²) in [6.07, 6.45) is 1.51. The summed E-state index contributed by atoms with van der Waals surface area (Å²) in [6.45, 7) is 3.90. The number of carbonyl (C=O) groups is 2. The van der Waals surface area contributed by atoms with Crippen molar-refractivity contribution < 1.29 is 22.4 Å². The van der Waals surface area contributed by atoms with Gasteiger partial charge in [-0.25, -0.2) is 8.42 Å². The molecule has 0 aliphatic rings. The van der Waals surface area contributed by atoms with Crippen molar-refractivity contribution in [2.75, 3.05) is 10.0 Å². The van der Waals surface area contributed by atoms with Crippen LogP contribution in [0.5, 0.6) is 0 Å². The van der Waals surface area contributed by atoms with Crippen LogP contribution in [0.25, 0.3) is 0 Å². The highest BCUT2D eigenvalue weighted by Crippen LogP contribution is 2.27. The van der Waals surface area contributed by atoms with Crippen LogP contribution in [-0.4, -0.2) is 20.2 Å². The van der Waals surface area contributed by atoms with Gasteiger partial charge >= 0.3 is 0 Å². The molecular formula is C27H24ClN3O5S. The number of sulfonamides is 1. The first-order valence-electron chi connectivity index (χ1n) is 11.2. The van der Waals surface area contributed by atoms with Gasteiger partial charge in [0.05, 0.1) is 29.1 Å². The van der Waals surface area contributed by atoms with Crippen LogP contribution in [0.3, 0.4) is 0 Å². The lowest BCUT2D eigenvalue weighted by atomic mass is 10.1. The molecule has 1 aromatic heterocycles. The second kappa shape index (κ2) is 10.9. The zero-order chi connectivity index (χ0) is 26.6. The predicted molar refractivity (Wildman–Crippen MR) is 142 cm³/mol. The number of aryl methyl sites for hydroxylation is 2. The van der Waals surface area contributed by atoms with Crippen LogP contribution in [-0.2, 0) is 16.6 Å². The molecule has 3 aromatic carbocycles. The largest absolute Gasteiger partial charge is 0.467 e. The highest BCUT2D eigenvalue weighted by atomic mass is 35.5. The van der Waals surface area contributed by atoms with Crippen molar-refractivity contribution in [2.45, 2.75) is 25.3 Å². The van der Waals surface area contributed by atoms with Gasteiger partial charge in [0.2, 0.25) is 0 Å². The smallest absolute Gasteiger partial charge is 0.263 e. The SMILES string of the molecule is Cc1cc(C)cc(NS(=O)(=O)c2cc(C(=O)Nc3ccccc3C(=O)NCc3ccco3)ccc2Cl)c1. The second-order valence-corrected chi connectivity index (χ2v) is 10.4. The molecule has 0 spiro atoms. The maximum Gasteiger partial charge on any atom is 0.263 e. The van der Waals surface area contributed by atoms with E-state index in [1.807, 2.05) is 19.9 Å². The maximum atomic E-state index is 13.1. The lowest BCUT2D eigenvalue weighted by Gasteiger charge is -2.13. The lowest BCUT2D eigenvalue weighted by molar-refractivity contribution is 0.0949. The third-order valence-corrected chi connectivity index (χ3v) is 7.24. The van der Waals surface area contributed by atoms with Gasteiger partial charge in [-0.2, -0.15) is 0 Å². The summed E-state index contributed by atoms with van der Waals surface area (Å²) in [6, 6.07) is 19.2. The van der Waals surface area contributed by atoms with Gasteiger partial charge in [0, 0.05) is 11.3 Å². The maximum absolute atomic E-state index is 13.1. The van der Waals surface area contributed by atoms with Gasteiger partial charge in [-0.15, -0.1) is 0 Å². The Kier molecular flexibility index (Phi) is 7.66. The molecule has 0 aliphatic heterocycles. The van der Waals surface area contributed by atoms with Crippen molar-refractivity contribution in [1.29, 1.82) is 0 Å². The number of benzene rings is 3. The van der Waals surface area contributed by atoms with E-state index < -0.39 is 21.8 Å². The first-order valence-corrected chi connectivity index (χ1v) is 13.1. The van der Waals surface area contributed by atoms with E-state index in [0.29, 0.717) is 11.4 Å². The van der Waals surface area contributed by atoms with Crippen LogP contribution in [0.1, 0.15) is 37.6 Å². The average Bonchev–Trinajstić information content (AvgIpc) is 3.36. The molecule has 3 N–H and O–H groups in total. The molecule has 0 bridgehead atoms. The zero-order valence-corrected chi connectivity index (χ0v) is 21.6. The normalized spacial score (nSPS) is 11.1. The first-order chi connectivity index (χ1) is 17.6. The Labute approximate surface area is 219 Å². The first kappa shape index (κ1) is 26.0. The Hall–Kier alpha value is -4.08. The van der Waals surface area contributed by atoms with E-state index in [1.54, 1.807) is 48.5 Å². The molecule has 4 rings (SSSR count). The van der Waals surface area contributed by atoms with Crippen LogP contribution < -0.4 is 15.4 Å². The molecule has 10 heteroatoms. The van der Waals surface area contributed by atoms with Crippen molar-refractivity contribution in [3.63, 3.8) is 0 Å². The Bertz CT molecular complexity index is 1550. The molecule has 8 nitrogen and oxygen atoms in total. The highest BCUT2D eigenvalue weighted by Gasteiger charge is 2.22. The summed E-state index contributed by atoms with van der Waals surface area (Å²) in [5.74, 6) is -0.436. The van der Waals surface area contributed by atoms with Crippen molar-refractivity contribution in [3.05, 3.63) is 112 Å². The molecule has 0 unspecified atom stereocenters. The van der Waals surface area contributed by atoms with E-state index in [-0.39, 0.29) is 33.3 Å². The molecule has 1 heterocycles. The number of anilines is 2. The summed E-state index contributed by atoms with van der Waals surface area (Å²) in [5.41, 5.74) is 2.72. The number of rotatable bonds is 8. The molecule has 190 valence electrons. The number of halogens is 1. The summed E-state index contributed by atoms with van der Waals surface area (Å²) in [5, 5.41) is 5.38. The van der Waals surface area contributed by atoms with Gasteiger partial charge in [-0.1, -0.05) is 29.8 Å². The van der Waals surface area contributed by atoms with E-state index >= 15 is 0 Å². The van der Waals surface area contributed by atoms with Crippen LogP contribution in [0, 0.1) is 13.8 Å². The number of hydrogen-bond acceptors (Lipinski definition) is 5. The quantitative estimate of drug-likeness (QED) is 0.273. The molecule has 4 aromatic rings. The highest BCUT2D eigenvalue weighted by molar-refractivity contribution is 7.92. The zero-order valence-electron chi connectivity index (χ0n) is 20.0. The molecule has 0 aliphatic carbocycles. The van der Waals surface area contributed by atoms with Crippen molar-refractivity contribution in [3.8, 4) is 0 Å². The molecule has 2 amide bonds. The fourth-order valence-corrected chi connectivity index (χ4v) is 5.32. The number of furan rings is 1. The summed E-state index contributed by atoms with van der Waals surface area (Å²) in [4.78, 5) is 25.5. The third kappa shape index (κ3) is 6.38. The molecule has 37 heavy (non-hydrogen) atoms. The van der Waals surface area contributed by atoms with Gasteiger partial charge in [-0.05, 0) is 79.6 Å². The molecule has 0 fully saturated rings. The van der Waals surface area contributed by atoms with E-state index in [9.17, 15) is 18.0 Å². The van der Waals surface area contributed by atoms with Gasteiger partial charge in [0.25, 0.3) is 21.8 Å². The standard InChI is InChI=1S/C27H24ClN3O5S/c1-17-12-18(2)14-20(13-17)31-37(34,35)25-15-19(9-10-23(25)28)26(32)30-24-8-4-3-7-22(24)27(33)29-16-21-6-5-11-36-21/h3-15,31H,16H2,1-2H3,(H,29,33)(H,30,32). The van der Waals surface area contributed by atoms with E-state index in [2.05, 4.69) is 15.4 Å². The Morgan fingerprint density at radius 1 is 0.892 bits per heavy atom. The monoisotopic (exact) mass is 537 g/mol. The van der Waals surface area contributed by atoms with E-state index in [0.717, 1.165) is 11.1 Å². The molecule has 0 radical (unpaired) electrons. The Morgan fingerprint density at radius 2 is 1.62 bits per heavy atom. The minimum Gasteiger partial charge on any atom is -0.467 e. The third-order valence-electron chi connectivity index (χ3n) is 5.38. The van der Waals surface area contributed by atoms with E-state index in [4.69, 9.17) is 16.0 Å². The fourth-order valence-electron chi connectivity index (χ4n) is 3.75. The molecular weight excluding hydrogens is 514 g/mol. The van der Waals surface area contributed by atoms with Crippen molar-refractivity contribution in [2.24, 2.45) is 0 Å². The topological polar surface area (TPSA) is 118 Å². The van der Waals surface area contributed by atoms with E-state index in [1.165, 1.54) is 24.5 Å². The van der Waals surface area contributed by atoms with Crippen molar-refractivity contribution in [1.82, 2.24) is 5.32 Å². The van der Waals surface area contributed by atoms with Crippen LogP contribution in [0.2, 0.25) is 5.02 Å². The number of amides is 2. The molecule has 0 atom stereocenters. The second-order valence-electron chi connectivity index (χ2n) is 8.39. The van der Waals surface area contributed by atoms with Gasteiger partial charge < -0.3 is 15.1 Å². The summed E-state index contributed by atoms with van der Waals surface area (Å²) < 4.78 is 33.9. The van der Waals surface area contributed by atoms with Gasteiger partial charge in [0.15, 0.2) is 0 Å². The summed E-state index contributed by atoms with van der Waals surface area (Å²) >= 11 is 6.21. The van der Waals surface area contributed by atoms with Crippen molar-refractivity contribution >= 4 is 44.8 Å². The minimum atomic E-state index is -4.09. The molecule has 0 saturated carbocycles. The van der Waals surface area contributed by atoms with Crippen LogP contribution >= 0.6 is 11.6 Å². The summed E-state index contributed by atoms with van der Waals surface area (Å²) in [7, 11) is -4.09. The Morgan fingerprint density at radius 3 is 2.32 bits per heavy atom. The fraction of sp³-hybridized carbons (Fsp3) is 0.111. The van der Waals surface area contributed by atoms with Gasteiger partial charge in [-0.3, -0.25) is 14.3 Å². The predicted octanol–water partition coefficient (Wildman–Crippen LogP) is 5.53.